The van der Waals surface area contributed by atoms with Gasteiger partial charge in [0.25, 0.3) is 0 Å². The molecule has 52 valence electrons. The van der Waals surface area contributed by atoms with Gasteiger partial charge in [0, 0.05) is 5.92 Å². The number of rotatable bonds is 3. The lowest BCUT2D eigenvalue weighted by atomic mass is 10.1. The Bertz CT molecular complexity index is 118. The first-order valence-electron chi connectivity index (χ1n) is 3.08. The van der Waals surface area contributed by atoms with Gasteiger partial charge in [0.2, 0.25) is 0 Å². The van der Waals surface area contributed by atoms with E-state index in [0.29, 0.717) is 0 Å². The third-order valence-corrected chi connectivity index (χ3v) is 1.51. The highest BCUT2D eigenvalue weighted by molar-refractivity contribution is 7.96. The van der Waals surface area contributed by atoms with Crippen LogP contribution in [0.5, 0.6) is 0 Å². The van der Waals surface area contributed by atoms with Gasteiger partial charge in [-0.1, -0.05) is 19.1 Å². The molecule has 0 aliphatic heterocycles. The van der Waals surface area contributed by atoms with Crippen molar-refractivity contribution < 1.29 is 4.79 Å². The number of carbonyl (C=O) groups is 1. The molecule has 0 aliphatic rings. The van der Waals surface area contributed by atoms with Gasteiger partial charge in [-0.05, 0) is 13.3 Å². The van der Waals surface area contributed by atoms with E-state index in [-0.39, 0.29) is 11.0 Å². The van der Waals surface area contributed by atoms with Crippen molar-refractivity contribution in [3.63, 3.8) is 0 Å². The number of hydrogen-bond donors (Lipinski definition) is 1. The van der Waals surface area contributed by atoms with Crippen molar-refractivity contribution in [2.45, 2.75) is 20.3 Å². The maximum Gasteiger partial charge on any atom is 0.192 e. The van der Waals surface area contributed by atoms with Crippen LogP contribution in [-0.2, 0) is 4.79 Å². The monoisotopic (exact) mass is 144 g/mol. The van der Waals surface area contributed by atoms with Crippen molar-refractivity contribution in [1.82, 2.24) is 0 Å². The summed E-state index contributed by atoms with van der Waals surface area (Å²) < 4.78 is 0. The summed E-state index contributed by atoms with van der Waals surface area (Å²) in [4.78, 5) is 10.6. The van der Waals surface area contributed by atoms with Gasteiger partial charge in [-0.25, -0.2) is 0 Å². The summed E-state index contributed by atoms with van der Waals surface area (Å²) in [6, 6.07) is 0. The summed E-state index contributed by atoms with van der Waals surface area (Å²) in [5.74, 6) is 0.0123. The van der Waals surface area contributed by atoms with Crippen LogP contribution in [0.4, 0.5) is 0 Å². The highest BCUT2D eigenvalue weighted by atomic mass is 32.1. The van der Waals surface area contributed by atoms with Crippen LogP contribution in [0.3, 0.4) is 0 Å². The minimum atomic E-state index is -0.0457. The third kappa shape index (κ3) is 3.36. The molecule has 1 unspecified atom stereocenters. The van der Waals surface area contributed by atoms with Crippen molar-refractivity contribution >= 4 is 17.7 Å². The predicted octanol–water partition coefficient (Wildman–Crippen LogP) is 2.05. The lowest BCUT2D eigenvalue weighted by Crippen LogP contribution is -2.02. The highest BCUT2D eigenvalue weighted by Crippen LogP contribution is 2.07. The molecule has 0 radical (unpaired) electrons. The van der Waals surface area contributed by atoms with E-state index in [2.05, 4.69) is 12.6 Å². The first-order valence-corrected chi connectivity index (χ1v) is 3.52. The van der Waals surface area contributed by atoms with E-state index in [9.17, 15) is 4.79 Å². The average Bonchev–Trinajstić information content (AvgIpc) is 1.82. The largest absolute Gasteiger partial charge is 0.287 e. The van der Waals surface area contributed by atoms with Crippen LogP contribution < -0.4 is 0 Å². The summed E-state index contributed by atoms with van der Waals surface area (Å²) in [5.41, 5.74) is 0. The number of thiol groups is 1. The molecule has 0 aliphatic carbocycles. The van der Waals surface area contributed by atoms with Crippen LogP contribution in [0.2, 0.25) is 0 Å². The zero-order valence-electron chi connectivity index (χ0n) is 5.79. The maximum atomic E-state index is 10.6. The number of hydrogen-bond acceptors (Lipinski definition) is 1. The van der Waals surface area contributed by atoms with Crippen molar-refractivity contribution in [3.8, 4) is 0 Å². The second-order valence-electron chi connectivity index (χ2n) is 1.88. The molecule has 0 aromatic carbocycles. The van der Waals surface area contributed by atoms with Gasteiger partial charge in [-0.2, -0.15) is 0 Å². The van der Waals surface area contributed by atoms with E-state index >= 15 is 0 Å². The topological polar surface area (TPSA) is 17.1 Å². The lowest BCUT2D eigenvalue weighted by Gasteiger charge is -2.00. The molecule has 0 spiro atoms. The van der Waals surface area contributed by atoms with Gasteiger partial charge in [0.15, 0.2) is 5.12 Å². The molecule has 0 saturated heterocycles. The lowest BCUT2D eigenvalue weighted by molar-refractivity contribution is -0.113. The fraction of sp³-hybridized carbons (Fsp3) is 0.571. The minimum absolute atomic E-state index is 0.0123. The molecule has 9 heavy (non-hydrogen) atoms. The molecule has 2 heteroatoms. The van der Waals surface area contributed by atoms with Crippen molar-refractivity contribution in [1.29, 1.82) is 0 Å². The standard InChI is InChI=1S/C7H12OS/c1-3-5-6(4-2)7(8)9/h3,5-6H,4H2,1-2H3,(H,8,9). The smallest absolute Gasteiger partial charge is 0.192 e. The molecule has 0 fully saturated rings. The first-order chi connectivity index (χ1) is 4.22. The van der Waals surface area contributed by atoms with Crippen LogP contribution in [0.25, 0.3) is 0 Å². The molecule has 0 saturated carbocycles. The Kier molecular flexibility index (Phi) is 4.50. The summed E-state index contributed by atoms with van der Waals surface area (Å²) in [7, 11) is 0. The maximum absolute atomic E-state index is 10.6. The Morgan fingerprint density at radius 2 is 2.33 bits per heavy atom. The zero-order valence-corrected chi connectivity index (χ0v) is 6.69. The van der Waals surface area contributed by atoms with Crippen LogP contribution >= 0.6 is 12.6 Å². The van der Waals surface area contributed by atoms with Crippen LogP contribution in [0, 0.1) is 5.92 Å². The number of carbonyl (C=O) groups excluding carboxylic acids is 1. The zero-order chi connectivity index (χ0) is 7.28. The molecular weight excluding hydrogens is 132 g/mol. The predicted molar refractivity (Wildman–Crippen MR) is 42.6 cm³/mol. The Balaban J connectivity index is 3.83. The molecule has 1 atom stereocenters. The third-order valence-electron chi connectivity index (χ3n) is 1.18. The Hall–Kier alpha value is -0.240. The van der Waals surface area contributed by atoms with E-state index in [0.717, 1.165) is 6.42 Å². The van der Waals surface area contributed by atoms with Gasteiger partial charge in [-0.15, -0.1) is 12.6 Å². The van der Waals surface area contributed by atoms with Gasteiger partial charge in [0.1, 0.15) is 0 Å². The molecule has 0 rings (SSSR count). The summed E-state index contributed by atoms with van der Waals surface area (Å²) >= 11 is 3.72. The van der Waals surface area contributed by atoms with Crippen molar-refractivity contribution in [2.24, 2.45) is 5.92 Å². The van der Waals surface area contributed by atoms with Gasteiger partial charge in [-0.3, -0.25) is 4.79 Å². The Morgan fingerprint density at radius 1 is 1.78 bits per heavy atom. The average molecular weight is 144 g/mol. The van der Waals surface area contributed by atoms with E-state index < -0.39 is 0 Å². The van der Waals surface area contributed by atoms with E-state index in [1.54, 1.807) is 0 Å². The van der Waals surface area contributed by atoms with E-state index in [4.69, 9.17) is 0 Å². The second kappa shape index (κ2) is 4.62. The van der Waals surface area contributed by atoms with Crippen molar-refractivity contribution in [3.05, 3.63) is 12.2 Å². The summed E-state index contributed by atoms with van der Waals surface area (Å²) in [6.45, 7) is 3.87. The number of allylic oxidation sites excluding steroid dienone is 2. The molecule has 0 aromatic rings. The highest BCUT2D eigenvalue weighted by Gasteiger charge is 2.06. The minimum Gasteiger partial charge on any atom is -0.287 e. The molecule has 0 heterocycles. The van der Waals surface area contributed by atoms with Crippen LogP contribution in [-0.4, -0.2) is 5.12 Å². The molecule has 1 nitrogen and oxygen atoms in total. The van der Waals surface area contributed by atoms with Crippen molar-refractivity contribution in [2.75, 3.05) is 0 Å². The quantitative estimate of drug-likeness (QED) is 0.474. The van der Waals surface area contributed by atoms with Gasteiger partial charge in [0.05, 0.1) is 0 Å². The van der Waals surface area contributed by atoms with E-state index in [1.807, 2.05) is 26.0 Å². The molecule has 0 aromatic heterocycles. The summed E-state index contributed by atoms with van der Waals surface area (Å²) in [5, 5.41) is -0.0457. The van der Waals surface area contributed by atoms with Crippen LogP contribution in [0.1, 0.15) is 20.3 Å². The molecular formula is C7H12OS. The fourth-order valence-corrected chi connectivity index (χ4v) is 0.894. The molecule has 0 amide bonds. The molecule has 0 N–H and O–H groups in total. The SMILES string of the molecule is CC=CC(CC)C(=O)S. The van der Waals surface area contributed by atoms with Gasteiger partial charge < -0.3 is 0 Å². The van der Waals surface area contributed by atoms with E-state index in [1.165, 1.54) is 0 Å². The first kappa shape index (κ1) is 8.76. The Morgan fingerprint density at radius 3 is 2.44 bits per heavy atom. The van der Waals surface area contributed by atoms with Gasteiger partial charge >= 0.3 is 0 Å². The fourth-order valence-electron chi connectivity index (χ4n) is 0.625. The van der Waals surface area contributed by atoms with Crippen LogP contribution in [0.15, 0.2) is 12.2 Å². The summed E-state index contributed by atoms with van der Waals surface area (Å²) in [6.07, 6.45) is 4.59. The second-order valence-corrected chi connectivity index (χ2v) is 2.32. The Labute approximate surface area is 61.6 Å². The molecule has 0 bridgehead atoms. The normalized spacial score (nSPS) is 14.1.